The highest BCUT2D eigenvalue weighted by molar-refractivity contribution is 7.13. The van der Waals surface area contributed by atoms with Crippen LogP contribution in [0.2, 0.25) is 0 Å². The normalized spacial score (nSPS) is 24.8. The number of esters is 1. The van der Waals surface area contributed by atoms with Gasteiger partial charge in [-0.1, -0.05) is 36.4 Å². The van der Waals surface area contributed by atoms with Gasteiger partial charge in [0.15, 0.2) is 0 Å². The molecule has 0 spiro atoms. The average Bonchev–Trinajstić information content (AvgIpc) is 3.53. The average molecular weight is 420 g/mol. The maximum atomic E-state index is 12.9. The molecular weight excluding hydrogens is 394 g/mol. The maximum absolute atomic E-state index is 12.9. The van der Waals surface area contributed by atoms with Gasteiger partial charge in [-0.15, -0.1) is 11.3 Å². The second-order valence-electron chi connectivity index (χ2n) is 8.22. The lowest BCUT2D eigenvalue weighted by atomic mass is 9.84. The number of ether oxygens (including phenoxy) is 1. The molecule has 0 unspecified atom stereocenters. The molecule has 2 aromatic heterocycles. The zero-order valence-corrected chi connectivity index (χ0v) is 17.6. The molecule has 6 heteroatoms. The van der Waals surface area contributed by atoms with Gasteiger partial charge in [0.05, 0.1) is 17.3 Å². The zero-order valence-electron chi connectivity index (χ0n) is 16.7. The molecule has 154 valence electrons. The number of thiazole rings is 1. The van der Waals surface area contributed by atoms with Gasteiger partial charge in [-0.2, -0.15) is 0 Å². The van der Waals surface area contributed by atoms with E-state index in [1.165, 1.54) is 6.42 Å². The van der Waals surface area contributed by atoms with Crippen LogP contribution >= 0.6 is 11.3 Å². The fraction of sp³-hybridized carbons (Fsp3) is 0.375. The quantitative estimate of drug-likeness (QED) is 0.573. The van der Waals surface area contributed by atoms with E-state index in [4.69, 9.17) is 9.72 Å². The summed E-state index contributed by atoms with van der Waals surface area (Å²) in [5.41, 5.74) is 2.93. The molecular formula is C24H25N3O2S. The van der Waals surface area contributed by atoms with Gasteiger partial charge in [0.2, 0.25) is 0 Å². The van der Waals surface area contributed by atoms with Gasteiger partial charge in [-0.05, 0) is 48.8 Å². The number of benzene rings is 1. The largest absolute Gasteiger partial charge is 0.461 e. The monoisotopic (exact) mass is 419 g/mol. The van der Waals surface area contributed by atoms with Crippen molar-refractivity contribution in [3.05, 3.63) is 71.4 Å². The van der Waals surface area contributed by atoms with Crippen LogP contribution in [0.4, 0.5) is 0 Å². The molecule has 1 aromatic carbocycles. The summed E-state index contributed by atoms with van der Waals surface area (Å²) in [4.78, 5) is 22.0. The highest BCUT2D eigenvalue weighted by atomic mass is 32.1. The van der Waals surface area contributed by atoms with Crippen LogP contribution in [0.25, 0.3) is 10.7 Å². The molecule has 1 N–H and O–H groups in total. The van der Waals surface area contributed by atoms with Gasteiger partial charge in [0, 0.05) is 24.2 Å². The van der Waals surface area contributed by atoms with Crippen molar-refractivity contribution in [3.63, 3.8) is 0 Å². The van der Waals surface area contributed by atoms with Crippen LogP contribution in [-0.2, 0) is 22.7 Å². The van der Waals surface area contributed by atoms with E-state index in [1.54, 1.807) is 17.5 Å². The second-order valence-corrected chi connectivity index (χ2v) is 9.08. The molecule has 2 fully saturated rings. The topological polar surface area (TPSA) is 64.1 Å². The number of hydrogen-bond donors (Lipinski definition) is 1. The summed E-state index contributed by atoms with van der Waals surface area (Å²) in [5.74, 6) is 0.880. The Labute approximate surface area is 180 Å². The van der Waals surface area contributed by atoms with Crippen LogP contribution in [0.15, 0.2) is 60.1 Å². The molecule has 0 aliphatic heterocycles. The fourth-order valence-corrected chi connectivity index (χ4v) is 5.76. The lowest BCUT2D eigenvalue weighted by Gasteiger charge is -2.30. The molecule has 2 aliphatic rings. The van der Waals surface area contributed by atoms with Gasteiger partial charge < -0.3 is 10.1 Å². The summed E-state index contributed by atoms with van der Waals surface area (Å²) >= 11 is 1.61. The minimum atomic E-state index is -0.0593. The van der Waals surface area contributed by atoms with Crippen LogP contribution in [-0.4, -0.2) is 22.0 Å². The van der Waals surface area contributed by atoms with E-state index >= 15 is 0 Å². The molecule has 4 atom stereocenters. The summed E-state index contributed by atoms with van der Waals surface area (Å²) in [7, 11) is 0. The Morgan fingerprint density at radius 2 is 1.93 bits per heavy atom. The highest BCUT2D eigenvalue weighted by Gasteiger charge is 2.51. The van der Waals surface area contributed by atoms with Crippen molar-refractivity contribution >= 4 is 17.3 Å². The molecule has 30 heavy (non-hydrogen) atoms. The fourth-order valence-electron chi connectivity index (χ4n) is 4.97. The van der Waals surface area contributed by atoms with Crippen LogP contribution < -0.4 is 5.32 Å². The number of carbonyl (C=O) groups is 1. The van der Waals surface area contributed by atoms with Crippen LogP contribution in [0.3, 0.4) is 0 Å². The Balaban J connectivity index is 1.22. The molecule has 5 rings (SSSR count). The van der Waals surface area contributed by atoms with E-state index in [0.29, 0.717) is 25.0 Å². The predicted octanol–water partition coefficient (Wildman–Crippen LogP) is 4.45. The van der Waals surface area contributed by atoms with Crippen molar-refractivity contribution in [1.29, 1.82) is 0 Å². The third kappa shape index (κ3) is 4.02. The first-order valence-corrected chi connectivity index (χ1v) is 11.5. The molecule has 2 bridgehead atoms. The number of carbonyl (C=O) groups excluding carboxylic acids is 1. The van der Waals surface area contributed by atoms with E-state index in [-0.39, 0.29) is 17.9 Å². The third-order valence-corrected chi connectivity index (χ3v) is 7.28. The minimum absolute atomic E-state index is 0.0543. The molecule has 3 aromatic rings. The van der Waals surface area contributed by atoms with Crippen LogP contribution in [0, 0.1) is 17.8 Å². The lowest BCUT2D eigenvalue weighted by molar-refractivity contribution is -0.152. The number of fused-ring (bicyclic) bond motifs is 2. The molecule has 2 saturated carbocycles. The Morgan fingerprint density at radius 3 is 2.77 bits per heavy atom. The van der Waals surface area contributed by atoms with Crippen molar-refractivity contribution in [3.8, 4) is 10.7 Å². The molecule has 0 saturated heterocycles. The van der Waals surface area contributed by atoms with Gasteiger partial charge in [-0.3, -0.25) is 9.78 Å². The Hall–Kier alpha value is -2.57. The van der Waals surface area contributed by atoms with Gasteiger partial charge in [-0.25, -0.2) is 4.98 Å². The number of aromatic nitrogens is 2. The standard InChI is InChI=1S/C24H25N3O2S/c28-24(29-14-16-6-2-1-3-7-16)21-17-9-10-18(12-17)22(21)26-13-19-15-30-23(27-19)20-8-4-5-11-25-20/h1-8,11,15,17-18,21-22,26H,9-10,12-14H2/t17-,18-,21+,22+/m0/s1. The van der Waals surface area contributed by atoms with Gasteiger partial charge in [0.1, 0.15) is 11.6 Å². The van der Waals surface area contributed by atoms with E-state index in [1.807, 2.05) is 48.5 Å². The first-order valence-electron chi connectivity index (χ1n) is 10.6. The maximum Gasteiger partial charge on any atom is 0.311 e. The van der Waals surface area contributed by atoms with Crippen molar-refractivity contribution in [2.24, 2.45) is 17.8 Å². The Morgan fingerprint density at radius 1 is 1.10 bits per heavy atom. The Kier molecular flexibility index (Phi) is 5.60. The summed E-state index contributed by atoms with van der Waals surface area (Å²) in [6, 6.07) is 15.9. The van der Waals surface area contributed by atoms with E-state index in [0.717, 1.165) is 34.8 Å². The zero-order chi connectivity index (χ0) is 20.3. The van der Waals surface area contributed by atoms with Gasteiger partial charge >= 0.3 is 5.97 Å². The first kappa shape index (κ1) is 19.4. The highest BCUT2D eigenvalue weighted by Crippen LogP contribution is 2.49. The number of nitrogens with zero attached hydrogens (tertiary/aromatic N) is 2. The molecule has 2 heterocycles. The molecule has 5 nitrogen and oxygen atoms in total. The SMILES string of the molecule is O=C(OCc1ccccc1)[C@@H]1[C@H]2CC[C@@H](C2)[C@H]1NCc1csc(-c2ccccn2)n1. The molecule has 0 radical (unpaired) electrons. The predicted molar refractivity (Wildman–Crippen MR) is 117 cm³/mol. The third-order valence-electron chi connectivity index (χ3n) is 6.37. The minimum Gasteiger partial charge on any atom is -0.461 e. The summed E-state index contributed by atoms with van der Waals surface area (Å²) in [5, 5.41) is 6.65. The van der Waals surface area contributed by atoms with Crippen molar-refractivity contribution < 1.29 is 9.53 Å². The van der Waals surface area contributed by atoms with Crippen molar-refractivity contribution in [2.75, 3.05) is 0 Å². The molecule has 0 amide bonds. The van der Waals surface area contributed by atoms with E-state index in [9.17, 15) is 4.79 Å². The van der Waals surface area contributed by atoms with Crippen LogP contribution in [0.5, 0.6) is 0 Å². The summed E-state index contributed by atoms with van der Waals surface area (Å²) in [6.07, 6.45) is 5.24. The smallest absolute Gasteiger partial charge is 0.311 e. The number of hydrogen-bond acceptors (Lipinski definition) is 6. The van der Waals surface area contributed by atoms with E-state index < -0.39 is 0 Å². The summed E-state index contributed by atoms with van der Waals surface area (Å²) in [6.45, 7) is 1.01. The number of pyridine rings is 1. The van der Waals surface area contributed by atoms with Crippen molar-refractivity contribution in [1.82, 2.24) is 15.3 Å². The summed E-state index contributed by atoms with van der Waals surface area (Å²) < 4.78 is 5.71. The second kappa shape index (κ2) is 8.66. The van der Waals surface area contributed by atoms with E-state index in [2.05, 4.69) is 15.7 Å². The number of nitrogens with one attached hydrogen (secondary N) is 1. The lowest BCUT2D eigenvalue weighted by Crippen LogP contribution is -2.44. The van der Waals surface area contributed by atoms with Crippen LogP contribution in [0.1, 0.15) is 30.5 Å². The Bertz CT molecular complexity index is 992. The van der Waals surface area contributed by atoms with Crippen molar-refractivity contribution in [2.45, 2.75) is 38.5 Å². The van der Waals surface area contributed by atoms with Gasteiger partial charge in [0.25, 0.3) is 0 Å². The molecule has 2 aliphatic carbocycles. The first-order chi connectivity index (χ1) is 14.8. The number of rotatable bonds is 7.